The minimum Gasteiger partial charge on any atom is -0.359 e. The summed E-state index contributed by atoms with van der Waals surface area (Å²) >= 11 is 8.37. The number of amides is 1. The van der Waals surface area contributed by atoms with Gasteiger partial charge in [0.05, 0.1) is 55.2 Å². The van der Waals surface area contributed by atoms with Gasteiger partial charge in [-0.15, -0.1) is 0 Å². The average molecular weight is 457 g/mol. The van der Waals surface area contributed by atoms with Crippen LogP contribution in [0.15, 0.2) is 42.5 Å². The first-order chi connectivity index (χ1) is 11.5. The summed E-state index contributed by atoms with van der Waals surface area (Å²) in [5, 5.41) is 3.49. The molecule has 0 aromatic heterocycles. The molecule has 0 spiro atoms. The second kappa shape index (κ2) is 7.72. The van der Waals surface area contributed by atoms with E-state index in [1.807, 2.05) is 24.3 Å². The van der Waals surface area contributed by atoms with Crippen LogP contribution < -0.4 is 15.1 Å². The third kappa shape index (κ3) is 4.02. The number of rotatable bonds is 3. The SMILES string of the molecule is C[NH+]1CCN(c2ccccc2NC(=O)c2cc(I)ccc2Cl)CC1. The van der Waals surface area contributed by atoms with Gasteiger partial charge in [0.25, 0.3) is 5.91 Å². The Hall–Kier alpha value is -1.31. The van der Waals surface area contributed by atoms with Crippen molar-refractivity contribution < 1.29 is 9.69 Å². The van der Waals surface area contributed by atoms with Gasteiger partial charge >= 0.3 is 0 Å². The molecule has 2 aromatic rings. The number of para-hydroxylation sites is 2. The zero-order chi connectivity index (χ0) is 17.1. The van der Waals surface area contributed by atoms with Gasteiger partial charge in [-0.3, -0.25) is 4.79 Å². The number of nitrogens with one attached hydrogen (secondary N) is 2. The van der Waals surface area contributed by atoms with Gasteiger partial charge in [-0.05, 0) is 52.9 Å². The fourth-order valence-corrected chi connectivity index (χ4v) is 3.54. The summed E-state index contributed by atoms with van der Waals surface area (Å²) in [4.78, 5) is 16.5. The topological polar surface area (TPSA) is 36.8 Å². The Bertz CT molecular complexity index is 745. The van der Waals surface area contributed by atoms with E-state index < -0.39 is 0 Å². The lowest BCUT2D eigenvalue weighted by Crippen LogP contribution is -3.12. The number of benzene rings is 2. The maximum atomic E-state index is 12.7. The largest absolute Gasteiger partial charge is 0.359 e. The summed E-state index contributed by atoms with van der Waals surface area (Å²) in [5.41, 5.74) is 2.40. The summed E-state index contributed by atoms with van der Waals surface area (Å²) in [6.45, 7) is 4.18. The van der Waals surface area contributed by atoms with E-state index in [1.165, 1.54) is 0 Å². The Kier molecular flexibility index (Phi) is 5.63. The van der Waals surface area contributed by atoms with Crippen LogP contribution in [0.5, 0.6) is 0 Å². The molecule has 0 saturated carbocycles. The summed E-state index contributed by atoms with van der Waals surface area (Å²) in [5.74, 6) is -0.175. The Morgan fingerprint density at radius 1 is 1.21 bits per heavy atom. The van der Waals surface area contributed by atoms with E-state index in [0.717, 1.165) is 41.1 Å². The molecule has 0 bridgehead atoms. The number of halogens is 2. The zero-order valence-electron chi connectivity index (χ0n) is 13.5. The fraction of sp³-hybridized carbons (Fsp3) is 0.278. The second-order valence-corrected chi connectivity index (χ2v) is 7.69. The van der Waals surface area contributed by atoms with Crippen molar-refractivity contribution in [1.82, 2.24) is 0 Å². The molecule has 3 rings (SSSR count). The standard InChI is InChI=1S/C18H19ClIN3O/c1-22-8-10-23(11-9-22)17-5-3-2-4-16(17)21-18(24)14-12-13(20)6-7-15(14)19/h2-7,12H,8-11H2,1H3,(H,21,24)/p+1. The molecule has 6 heteroatoms. The van der Waals surface area contributed by atoms with Crippen molar-refractivity contribution in [3.63, 3.8) is 0 Å². The highest BCUT2D eigenvalue weighted by Crippen LogP contribution is 2.27. The number of nitrogens with zero attached hydrogens (tertiary/aromatic N) is 1. The minimum absolute atomic E-state index is 0.175. The van der Waals surface area contributed by atoms with Gasteiger partial charge in [0.1, 0.15) is 0 Å². The number of anilines is 2. The normalized spacial score (nSPS) is 15.4. The Morgan fingerprint density at radius 3 is 2.67 bits per heavy atom. The quantitative estimate of drug-likeness (QED) is 0.697. The molecular weight excluding hydrogens is 437 g/mol. The van der Waals surface area contributed by atoms with Gasteiger partial charge in [0.2, 0.25) is 0 Å². The first kappa shape index (κ1) is 17.5. The van der Waals surface area contributed by atoms with Crippen LogP contribution in [0.4, 0.5) is 11.4 Å². The molecule has 0 atom stereocenters. The van der Waals surface area contributed by atoms with Gasteiger partial charge in [-0.25, -0.2) is 0 Å². The van der Waals surface area contributed by atoms with Crippen LogP contribution in [-0.4, -0.2) is 39.1 Å². The maximum Gasteiger partial charge on any atom is 0.257 e. The summed E-state index contributed by atoms with van der Waals surface area (Å²) in [6.07, 6.45) is 0. The second-order valence-electron chi connectivity index (χ2n) is 6.04. The monoisotopic (exact) mass is 456 g/mol. The molecule has 4 nitrogen and oxygen atoms in total. The Morgan fingerprint density at radius 2 is 1.92 bits per heavy atom. The molecule has 24 heavy (non-hydrogen) atoms. The number of piperazine rings is 1. The highest BCUT2D eigenvalue weighted by atomic mass is 127. The van der Waals surface area contributed by atoms with Gasteiger partial charge in [0, 0.05) is 3.57 Å². The molecule has 2 N–H and O–H groups in total. The third-order valence-corrected chi connectivity index (χ3v) is 5.28. The van der Waals surface area contributed by atoms with E-state index in [4.69, 9.17) is 11.6 Å². The number of hydrogen-bond acceptors (Lipinski definition) is 2. The van der Waals surface area contributed by atoms with Crippen LogP contribution in [-0.2, 0) is 0 Å². The zero-order valence-corrected chi connectivity index (χ0v) is 16.4. The smallest absolute Gasteiger partial charge is 0.257 e. The Labute approximate surface area is 160 Å². The molecule has 1 fully saturated rings. The van der Waals surface area contributed by atoms with Gasteiger partial charge in [-0.2, -0.15) is 0 Å². The van der Waals surface area contributed by atoms with Crippen molar-refractivity contribution in [3.05, 3.63) is 56.6 Å². The van der Waals surface area contributed by atoms with Crippen molar-refractivity contribution in [2.24, 2.45) is 0 Å². The molecule has 0 radical (unpaired) electrons. The van der Waals surface area contributed by atoms with Gasteiger partial charge < -0.3 is 15.1 Å². The highest BCUT2D eigenvalue weighted by Gasteiger charge is 2.20. The van der Waals surface area contributed by atoms with Crippen LogP contribution in [0.2, 0.25) is 5.02 Å². The van der Waals surface area contributed by atoms with E-state index in [9.17, 15) is 4.79 Å². The molecular formula is C18H20ClIN3O+. The van der Waals surface area contributed by atoms with E-state index in [-0.39, 0.29) is 5.91 Å². The van der Waals surface area contributed by atoms with Gasteiger partial charge in [-0.1, -0.05) is 23.7 Å². The van der Waals surface area contributed by atoms with Gasteiger partial charge in [0.15, 0.2) is 0 Å². The highest BCUT2D eigenvalue weighted by molar-refractivity contribution is 14.1. The first-order valence-electron chi connectivity index (χ1n) is 7.96. The van der Waals surface area contributed by atoms with Crippen molar-refractivity contribution >= 4 is 51.5 Å². The van der Waals surface area contributed by atoms with Crippen LogP contribution in [0, 0.1) is 3.57 Å². The summed E-state index contributed by atoms with van der Waals surface area (Å²) in [6, 6.07) is 13.4. The molecule has 1 amide bonds. The molecule has 1 saturated heterocycles. The minimum atomic E-state index is -0.175. The summed E-state index contributed by atoms with van der Waals surface area (Å²) in [7, 11) is 2.21. The molecule has 1 heterocycles. The van der Waals surface area contributed by atoms with Crippen LogP contribution >= 0.6 is 34.2 Å². The number of carbonyl (C=O) groups is 1. The molecule has 126 valence electrons. The molecule has 0 aliphatic carbocycles. The van der Waals surface area contributed by atoms with Crippen molar-refractivity contribution in [1.29, 1.82) is 0 Å². The average Bonchev–Trinajstić information content (AvgIpc) is 2.58. The number of hydrogen-bond donors (Lipinski definition) is 2. The van der Waals surface area contributed by atoms with Crippen LogP contribution in [0.1, 0.15) is 10.4 Å². The van der Waals surface area contributed by atoms with E-state index >= 15 is 0 Å². The lowest BCUT2D eigenvalue weighted by Gasteiger charge is -2.33. The molecule has 1 aliphatic heterocycles. The Balaban J connectivity index is 1.82. The molecule has 0 unspecified atom stereocenters. The number of carbonyl (C=O) groups excluding carboxylic acids is 1. The predicted molar refractivity (Wildman–Crippen MR) is 107 cm³/mol. The lowest BCUT2D eigenvalue weighted by atomic mass is 10.1. The van der Waals surface area contributed by atoms with E-state index in [1.54, 1.807) is 17.0 Å². The first-order valence-corrected chi connectivity index (χ1v) is 9.42. The molecule has 1 aliphatic rings. The van der Waals surface area contributed by atoms with Crippen LogP contribution in [0.3, 0.4) is 0 Å². The number of likely N-dealkylation sites (N-methyl/N-ethyl adjacent to an activating group) is 1. The maximum absolute atomic E-state index is 12.7. The van der Waals surface area contributed by atoms with E-state index in [2.05, 4.69) is 45.9 Å². The van der Waals surface area contributed by atoms with Crippen LogP contribution in [0.25, 0.3) is 0 Å². The fourth-order valence-electron chi connectivity index (χ4n) is 2.85. The van der Waals surface area contributed by atoms with Crippen molar-refractivity contribution in [3.8, 4) is 0 Å². The lowest BCUT2D eigenvalue weighted by molar-refractivity contribution is -0.880. The predicted octanol–water partition coefficient (Wildman–Crippen LogP) is 2.53. The summed E-state index contributed by atoms with van der Waals surface area (Å²) < 4.78 is 0.984. The van der Waals surface area contributed by atoms with E-state index in [0.29, 0.717) is 10.6 Å². The third-order valence-electron chi connectivity index (χ3n) is 4.28. The molecule has 2 aromatic carbocycles. The van der Waals surface area contributed by atoms with Crippen molar-refractivity contribution in [2.75, 3.05) is 43.4 Å². The number of quaternary nitrogens is 1. The van der Waals surface area contributed by atoms with Crippen molar-refractivity contribution in [2.45, 2.75) is 0 Å².